The molecule has 0 spiro atoms. The van der Waals surface area contributed by atoms with Crippen molar-refractivity contribution in [2.45, 2.75) is 36.6 Å². The van der Waals surface area contributed by atoms with Crippen LogP contribution in [-0.4, -0.2) is 30.5 Å². The van der Waals surface area contributed by atoms with Gasteiger partial charge in [0.25, 0.3) is 0 Å². The first-order valence-corrected chi connectivity index (χ1v) is 13.0. The molecule has 0 N–H and O–H groups in total. The Kier molecular flexibility index (Phi) is 7.38. The zero-order chi connectivity index (χ0) is 25.0. The van der Waals surface area contributed by atoms with Crippen molar-refractivity contribution >= 4 is 27.4 Å². The zero-order valence-corrected chi connectivity index (χ0v) is 21.0. The Bertz CT molecular complexity index is 1460. The number of pyridine rings is 1. The lowest BCUT2D eigenvalue weighted by Crippen LogP contribution is -2.15. The monoisotopic (exact) mass is 508 g/mol. The minimum absolute atomic E-state index is 0.0267. The SMILES string of the molecule is CCOC(=O)Cn1c(-c2ccnc(Cl)c2)cc(Cc2ccccc2S(=O)(=O)c2ccccc2)c1C. The van der Waals surface area contributed by atoms with E-state index in [1.807, 2.05) is 35.8 Å². The summed E-state index contributed by atoms with van der Waals surface area (Å²) in [5, 5.41) is 0.338. The second kappa shape index (κ2) is 10.5. The smallest absolute Gasteiger partial charge is 0.325 e. The first kappa shape index (κ1) is 24.7. The standard InChI is InChI=1S/C27H25ClN2O4S/c1-3-34-27(31)18-30-19(2)22(16-24(30)20-13-14-29-26(28)17-20)15-21-9-7-8-12-25(21)35(32,33)23-10-5-4-6-11-23/h4-14,16-17H,3,15,18H2,1-2H3. The lowest BCUT2D eigenvalue weighted by Gasteiger charge is -2.13. The van der Waals surface area contributed by atoms with Gasteiger partial charge < -0.3 is 9.30 Å². The first-order chi connectivity index (χ1) is 16.8. The summed E-state index contributed by atoms with van der Waals surface area (Å²) in [5.74, 6) is -0.355. The molecule has 0 fully saturated rings. The van der Waals surface area contributed by atoms with Crippen LogP contribution in [0.5, 0.6) is 0 Å². The Morgan fingerprint density at radius 3 is 2.43 bits per heavy atom. The minimum Gasteiger partial charge on any atom is -0.465 e. The van der Waals surface area contributed by atoms with Crippen LogP contribution in [0.1, 0.15) is 23.7 Å². The summed E-state index contributed by atoms with van der Waals surface area (Å²) >= 11 is 6.13. The Labute approximate surface area is 210 Å². The van der Waals surface area contributed by atoms with Gasteiger partial charge in [-0.15, -0.1) is 0 Å². The van der Waals surface area contributed by atoms with Crippen molar-refractivity contribution in [2.24, 2.45) is 0 Å². The highest BCUT2D eigenvalue weighted by atomic mass is 35.5. The molecule has 0 bridgehead atoms. The summed E-state index contributed by atoms with van der Waals surface area (Å²) in [6.07, 6.45) is 1.98. The molecule has 0 radical (unpaired) electrons. The largest absolute Gasteiger partial charge is 0.465 e. The van der Waals surface area contributed by atoms with E-state index in [1.165, 1.54) is 0 Å². The van der Waals surface area contributed by atoms with E-state index >= 15 is 0 Å². The van der Waals surface area contributed by atoms with Crippen LogP contribution in [0.2, 0.25) is 5.15 Å². The molecule has 2 heterocycles. The van der Waals surface area contributed by atoms with Crippen LogP contribution in [0.25, 0.3) is 11.3 Å². The number of sulfone groups is 1. The molecule has 8 heteroatoms. The number of ether oxygens (including phenoxy) is 1. The Morgan fingerprint density at radius 1 is 1.00 bits per heavy atom. The molecular weight excluding hydrogens is 484 g/mol. The number of rotatable bonds is 8. The third-order valence-electron chi connectivity index (χ3n) is 5.78. The number of aromatic nitrogens is 2. The molecule has 2 aromatic heterocycles. The van der Waals surface area contributed by atoms with Gasteiger partial charge in [0.05, 0.1) is 16.4 Å². The van der Waals surface area contributed by atoms with Crippen molar-refractivity contribution in [3.63, 3.8) is 0 Å². The van der Waals surface area contributed by atoms with Gasteiger partial charge in [-0.1, -0.05) is 48.0 Å². The van der Waals surface area contributed by atoms with E-state index in [-0.39, 0.29) is 28.9 Å². The van der Waals surface area contributed by atoms with Crippen LogP contribution in [0.15, 0.2) is 88.8 Å². The fourth-order valence-electron chi connectivity index (χ4n) is 4.06. The lowest BCUT2D eigenvalue weighted by atomic mass is 10.0. The Morgan fingerprint density at radius 2 is 1.71 bits per heavy atom. The van der Waals surface area contributed by atoms with Gasteiger partial charge in [-0.05, 0) is 61.4 Å². The molecule has 4 aromatic rings. The number of benzene rings is 2. The average Bonchev–Trinajstić information content (AvgIpc) is 3.15. The van der Waals surface area contributed by atoms with Gasteiger partial charge in [-0.25, -0.2) is 13.4 Å². The van der Waals surface area contributed by atoms with Gasteiger partial charge >= 0.3 is 5.97 Å². The Balaban J connectivity index is 1.79. The fourth-order valence-corrected chi connectivity index (χ4v) is 5.75. The molecule has 35 heavy (non-hydrogen) atoms. The molecule has 4 rings (SSSR count). The van der Waals surface area contributed by atoms with E-state index in [0.717, 1.165) is 22.5 Å². The summed E-state index contributed by atoms with van der Waals surface area (Å²) < 4.78 is 33.8. The maximum Gasteiger partial charge on any atom is 0.325 e. The van der Waals surface area contributed by atoms with Crippen LogP contribution in [-0.2, 0) is 32.3 Å². The molecular formula is C27H25ClN2O4S. The van der Waals surface area contributed by atoms with Gasteiger partial charge in [0, 0.05) is 29.6 Å². The summed E-state index contributed by atoms with van der Waals surface area (Å²) in [4.78, 5) is 16.9. The number of carbonyl (C=O) groups excluding carboxylic acids is 1. The van der Waals surface area contributed by atoms with E-state index in [4.69, 9.17) is 16.3 Å². The van der Waals surface area contributed by atoms with Crippen LogP contribution in [0.3, 0.4) is 0 Å². The van der Waals surface area contributed by atoms with Crippen molar-refractivity contribution in [3.05, 3.63) is 101 Å². The average molecular weight is 509 g/mol. The highest BCUT2D eigenvalue weighted by Crippen LogP contribution is 2.31. The molecule has 0 amide bonds. The molecule has 0 aliphatic heterocycles. The number of nitrogens with zero attached hydrogens (tertiary/aromatic N) is 2. The van der Waals surface area contributed by atoms with Gasteiger partial charge in [0.15, 0.2) is 0 Å². The number of hydrogen-bond acceptors (Lipinski definition) is 5. The first-order valence-electron chi connectivity index (χ1n) is 11.2. The fraction of sp³-hybridized carbons (Fsp3) is 0.185. The van der Waals surface area contributed by atoms with Gasteiger partial charge in [0.2, 0.25) is 9.84 Å². The third-order valence-corrected chi connectivity index (χ3v) is 7.86. The van der Waals surface area contributed by atoms with E-state index in [2.05, 4.69) is 4.98 Å². The highest BCUT2D eigenvalue weighted by Gasteiger charge is 2.23. The van der Waals surface area contributed by atoms with Gasteiger partial charge in [-0.2, -0.15) is 0 Å². The van der Waals surface area contributed by atoms with Crippen molar-refractivity contribution in [1.82, 2.24) is 9.55 Å². The maximum absolute atomic E-state index is 13.4. The van der Waals surface area contributed by atoms with Crippen LogP contribution < -0.4 is 0 Å². The molecule has 0 atom stereocenters. The molecule has 6 nitrogen and oxygen atoms in total. The van der Waals surface area contributed by atoms with Gasteiger partial charge in [0.1, 0.15) is 11.7 Å². The van der Waals surface area contributed by atoms with Crippen molar-refractivity contribution in [2.75, 3.05) is 6.61 Å². The topological polar surface area (TPSA) is 78.3 Å². The van der Waals surface area contributed by atoms with E-state index in [1.54, 1.807) is 61.7 Å². The quantitative estimate of drug-likeness (QED) is 0.232. The molecule has 0 unspecified atom stereocenters. The summed E-state index contributed by atoms with van der Waals surface area (Å²) in [6, 6.07) is 20.9. The maximum atomic E-state index is 13.4. The Hall–Kier alpha value is -3.42. The van der Waals surface area contributed by atoms with Crippen LogP contribution >= 0.6 is 11.6 Å². The van der Waals surface area contributed by atoms with Crippen molar-refractivity contribution < 1.29 is 17.9 Å². The molecule has 2 aromatic carbocycles. The zero-order valence-electron chi connectivity index (χ0n) is 19.4. The number of esters is 1. The molecule has 0 saturated heterocycles. The van der Waals surface area contributed by atoms with E-state index < -0.39 is 9.84 Å². The molecule has 0 aliphatic rings. The number of carbonyl (C=O) groups is 1. The van der Waals surface area contributed by atoms with Crippen molar-refractivity contribution in [3.8, 4) is 11.3 Å². The summed E-state index contributed by atoms with van der Waals surface area (Å²) in [5.41, 5.74) is 3.99. The summed E-state index contributed by atoms with van der Waals surface area (Å²) in [7, 11) is -3.70. The van der Waals surface area contributed by atoms with Crippen LogP contribution in [0, 0.1) is 6.92 Å². The molecule has 0 aliphatic carbocycles. The molecule has 180 valence electrons. The second-order valence-electron chi connectivity index (χ2n) is 8.00. The van der Waals surface area contributed by atoms with Crippen molar-refractivity contribution in [1.29, 1.82) is 0 Å². The number of halogens is 1. The minimum atomic E-state index is -3.70. The predicted octanol–water partition coefficient (Wildman–Crippen LogP) is 5.50. The molecule has 0 saturated carbocycles. The lowest BCUT2D eigenvalue weighted by molar-refractivity contribution is -0.143. The van der Waals surface area contributed by atoms with E-state index in [0.29, 0.717) is 17.1 Å². The highest BCUT2D eigenvalue weighted by molar-refractivity contribution is 7.91. The normalized spacial score (nSPS) is 11.4. The van der Waals surface area contributed by atoms with E-state index in [9.17, 15) is 13.2 Å². The van der Waals surface area contributed by atoms with Gasteiger partial charge in [-0.3, -0.25) is 4.79 Å². The summed E-state index contributed by atoms with van der Waals surface area (Å²) in [6.45, 7) is 3.99. The predicted molar refractivity (Wildman–Crippen MR) is 135 cm³/mol. The second-order valence-corrected chi connectivity index (χ2v) is 10.3. The number of hydrogen-bond donors (Lipinski definition) is 0. The van der Waals surface area contributed by atoms with Crippen LogP contribution in [0.4, 0.5) is 0 Å². The third kappa shape index (κ3) is 5.31.